The molecule has 2 fully saturated rings. The Morgan fingerprint density at radius 3 is 2.36 bits per heavy atom. The van der Waals surface area contributed by atoms with Crippen LogP contribution in [0.2, 0.25) is 0 Å². The second-order valence-corrected chi connectivity index (χ2v) is 8.93. The van der Waals surface area contributed by atoms with E-state index in [0.29, 0.717) is 11.0 Å². The van der Waals surface area contributed by atoms with E-state index in [4.69, 9.17) is 4.74 Å². The van der Waals surface area contributed by atoms with Crippen LogP contribution < -0.4 is 5.32 Å². The van der Waals surface area contributed by atoms with Crippen molar-refractivity contribution in [3.8, 4) is 11.1 Å². The minimum absolute atomic E-state index is 0.320. The lowest BCUT2D eigenvalue weighted by molar-refractivity contribution is -0.133. The Morgan fingerprint density at radius 2 is 1.79 bits per heavy atom. The highest BCUT2D eigenvalue weighted by Crippen LogP contribution is 2.40. The zero-order chi connectivity index (χ0) is 23.4. The summed E-state index contributed by atoms with van der Waals surface area (Å²) >= 11 is 0. The molecule has 2 aromatic rings. The zero-order valence-corrected chi connectivity index (χ0v) is 18.2. The van der Waals surface area contributed by atoms with Gasteiger partial charge in [-0.05, 0) is 30.0 Å². The van der Waals surface area contributed by atoms with Crippen LogP contribution in [0.4, 0.5) is 13.2 Å². The Kier molecular flexibility index (Phi) is 7.31. The van der Waals surface area contributed by atoms with E-state index in [-0.39, 0.29) is 0 Å². The Labute approximate surface area is 190 Å². The number of rotatable bonds is 8. The van der Waals surface area contributed by atoms with Crippen LogP contribution in [0.25, 0.3) is 11.1 Å². The number of hydrogen-bond donors (Lipinski definition) is 2. The van der Waals surface area contributed by atoms with E-state index in [1.165, 1.54) is 0 Å². The quantitative estimate of drug-likeness (QED) is 0.629. The van der Waals surface area contributed by atoms with Gasteiger partial charge in [0.25, 0.3) is 5.91 Å². The lowest BCUT2D eigenvalue weighted by atomic mass is 9.73. The number of carbonyl (C=O) groups excluding carboxylic acids is 1. The number of aliphatic hydroxyl groups is 1. The summed E-state index contributed by atoms with van der Waals surface area (Å²) < 4.78 is 43.5. The number of likely N-dealkylation sites (tertiary alicyclic amines) is 1. The highest BCUT2D eigenvalue weighted by Gasteiger charge is 2.43. The monoisotopic (exact) mass is 463 g/mol. The first-order valence-corrected chi connectivity index (χ1v) is 11.1. The van der Waals surface area contributed by atoms with Crippen LogP contribution >= 0.6 is 0 Å². The van der Waals surface area contributed by atoms with Gasteiger partial charge in [0, 0.05) is 50.0 Å². The highest BCUT2D eigenvalue weighted by molar-refractivity contribution is 5.79. The summed E-state index contributed by atoms with van der Waals surface area (Å²) in [5.41, 5.74) is 3.47. The zero-order valence-electron chi connectivity index (χ0n) is 18.2. The van der Waals surface area contributed by atoms with Gasteiger partial charge < -0.3 is 15.2 Å². The molecule has 2 aliphatic rings. The van der Waals surface area contributed by atoms with Gasteiger partial charge >= 0.3 is 6.43 Å². The van der Waals surface area contributed by atoms with Crippen LogP contribution in [-0.4, -0.2) is 66.3 Å². The third-order valence-electron chi connectivity index (χ3n) is 6.54. The molecule has 4 rings (SSSR count). The van der Waals surface area contributed by atoms with Gasteiger partial charge in [0.15, 0.2) is 0 Å². The molecule has 0 saturated carbocycles. The number of halogens is 3. The molecule has 0 bridgehead atoms. The topological polar surface area (TPSA) is 74.7 Å². The Hall–Kier alpha value is -2.49. The first kappa shape index (κ1) is 23.7. The largest absolute Gasteiger partial charge is 0.386 e. The minimum Gasteiger partial charge on any atom is -0.386 e. The van der Waals surface area contributed by atoms with Crippen molar-refractivity contribution >= 4 is 5.91 Å². The smallest absolute Gasteiger partial charge is 0.315 e. The molecule has 6 nitrogen and oxygen atoms in total. The summed E-state index contributed by atoms with van der Waals surface area (Å²) in [6.07, 6.45) is -0.662. The fourth-order valence-electron chi connectivity index (χ4n) is 4.61. The number of aliphatic hydroxyl groups excluding tert-OH is 1. The lowest BCUT2D eigenvalue weighted by Gasteiger charge is -2.52. The normalized spacial score (nSPS) is 19.8. The van der Waals surface area contributed by atoms with Crippen molar-refractivity contribution in [2.75, 3.05) is 33.0 Å². The van der Waals surface area contributed by atoms with Crippen molar-refractivity contribution in [3.63, 3.8) is 0 Å². The maximum atomic E-state index is 13.2. The molecule has 3 heterocycles. The van der Waals surface area contributed by atoms with E-state index in [9.17, 15) is 23.1 Å². The number of nitrogens with one attached hydrogen (secondary N) is 1. The van der Waals surface area contributed by atoms with E-state index < -0.39 is 31.2 Å². The predicted octanol–water partition coefficient (Wildman–Crippen LogP) is 3.11. The highest BCUT2D eigenvalue weighted by atomic mass is 19.3. The van der Waals surface area contributed by atoms with Crippen LogP contribution in [0.3, 0.4) is 0 Å². The summed E-state index contributed by atoms with van der Waals surface area (Å²) in [6.45, 7) is 3.52. The van der Waals surface area contributed by atoms with E-state index >= 15 is 0 Å². The van der Waals surface area contributed by atoms with E-state index in [1.54, 1.807) is 30.5 Å². The summed E-state index contributed by atoms with van der Waals surface area (Å²) in [6, 6.07) is 9.17. The maximum Gasteiger partial charge on any atom is 0.315 e. The van der Waals surface area contributed by atoms with Gasteiger partial charge in [0.1, 0.15) is 12.8 Å². The summed E-state index contributed by atoms with van der Waals surface area (Å²) in [7, 11) is 0. The lowest BCUT2D eigenvalue weighted by Crippen LogP contribution is -2.57. The first-order valence-electron chi connectivity index (χ1n) is 11.1. The molecule has 1 amide bonds. The van der Waals surface area contributed by atoms with Crippen molar-refractivity contribution in [1.29, 1.82) is 0 Å². The molecule has 2 atom stereocenters. The molecule has 0 aliphatic carbocycles. The summed E-state index contributed by atoms with van der Waals surface area (Å²) in [5.74, 6) is -1.61. The van der Waals surface area contributed by atoms with Gasteiger partial charge in [0.2, 0.25) is 0 Å². The molecule has 1 spiro atoms. The van der Waals surface area contributed by atoms with Gasteiger partial charge in [-0.3, -0.25) is 14.7 Å². The van der Waals surface area contributed by atoms with Crippen LogP contribution in [0.1, 0.15) is 30.2 Å². The molecular formula is C24H28F3N3O3. The Morgan fingerprint density at radius 1 is 1.12 bits per heavy atom. The van der Waals surface area contributed by atoms with Gasteiger partial charge in [-0.15, -0.1) is 0 Å². The third-order valence-corrected chi connectivity index (χ3v) is 6.54. The molecule has 9 heteroatoms. The van der Waals surface area contributed by atoms with Gasteiger partial charge in [0.05, 0.1) is 11.7 Å². The molecule has 1 aromatic heterocycles. The number of hydrogen-bond acceptors (Lipinski definition) is 5. The van der Waals surface area contributed by atoms with Crippen LogP contribution in [-0.2, 0) is 16.1 Å². The number of pyridine rings is 1. The Balaban J connectivity index is 1.33. The number of alkyl halides is 3. The summed E-state index contributed by atoms with van der Waals surface area (Å²) in [4.78, 5) is 18.1. The van der Waals surface area contributed by atoms with Crippen molar-refractivity contribution < 1.29 is 27.8 Å². The van der Waals surface area contributed by atoms with Gasteiger partial charge in [-0.2, -0.15) is 8.78 Å². The molecule has 2 saturated heterocycles. The third kappa shape index (κ3) is 5.54. The van der Waals surface area contributed by atoms with Gasteiger partial charge in [-0.1, -0.05) is 30.3 Å². The van der Waals surface area contributed by atoms with Crippen molar-refractivity contribution in [3.05, 3.63) is 53.9 Å². The van der Waals surface area contributed by atoms with Crippen molar-refractivity contribution in [2.24, 2.45) is 5.41 Å². The second-order valence-electron chi connectivity index (χ2n) is 8.93. The number of aromatic nitrogens is 1. The van der Waals surface area contributed by atoms with Crippen molar-refractivity contribution in [2.45, 2.75) is 38.0 Å². The molecule has 0 unspecified atom stereocenters. The maximum absolute atomic E-state index is 13.2. The number of carbonyl (C=O) groups is 1. The number of nitrogens with zero attached hydrogens (tertiary/aromatic N) is 2. The average molecular weight is 464 g/mol. The first-order chi connectivity index (χ1) is 15.9. The Bertz CT molecular complexity index is 926. The second kappa shape index (κ2) is 10.2. The molecule has 178 valence electrons. The number of amides is 1. The molecule has 2 aliphatic heterocycles. The standard InChI is InChI=1S/C24H28F3N3O3/c25-11-20(29-23(32)22(26)27)21(31)17-3-1-16(2-4-17)18-5-6-19(28-12-18)13-30-14-24(15-30)7-9-33-10-8-24/h1-6,12,20-22,31H,7-11,13-15H2,(H,29,32)/t20-,21-/m1/s1. The SMILES string of the molecule is O=C(N[C@H](CF)[C@H](O)c1ccc(-c2ccc(CN3CC4(CCOCC4)C3)nc2)cc1)C(F)F. The fraction of sp³-hybridized carbons (Fsp3) is 0.500. The minimum atomic E-state index is -3.27. The number of ether oxygens (including phenoxy) is 1. The van der Waals surface area contributed by atoms with Crippen LogP contribution in [0, 0.1) is 5.41 Å². The molecule has 2 N–H and O–H groups in total. The molecular weight excluding hydrogens is 435 g/mol. The van der Waals surface area contributed by atoms with Crippen LogP contribution in [0.5, 0.6) is 0 Å². The van der Waals surface area contributed by atoms with Crippen molar-refractivity contribution in [1.82, 2.24) is 15.2 Å². The van der Waals surface area contributed by atoms with E-state index in [0.717, 1.165) is 62.5 Å². The number of benzene rings is 1. The van der Waals surface area contributed by atoms with Gasteiger partial charge in [-0.25, -0.2) is 4.39 Å². The average Bonchev–Trinajstić information content (AvgIpc) is 2.82. The van der Waals surface area contributed by atoms with E-state index in [1.807, 2.05) is 17.4 Å². The molecule has 0 radical (unpaired) electrons. The predicted molar refractivity (Wildman–Crippen MR) is 116 cm³/mol. The fourth-order valence-corrected chi connectivity index (χ4v) is 4.61. The van der Waals surface area contributed by atoms with E-state index in [2.05, 4.69) is 9.88 Å². The molecule has 33 heavy (non-hydrogen) atoms. The van der Waals surface area contributed by atoms with Crippen LogP contribution in [0.15, 0.2) is 42.6 Å². The molecule has 1 aromatic carbocycles. The summed E-state index contributed by atoms with van der Waals surface area (Å²) in [5, 5.41) is 12.1.